The molecule has 1 unspecified atom stereocenters. The maximum atomic E-state index is 11.8. The Morgan fingerprint density at radius 2 is 2.47 bits per heavy atom. The van der Waals surface area contributed by atoms with Crippen LogP contribution in [0.25, 0.3) is 0 Å². The molecule has 15 heavy (non-hydrogen) atoms. The highest BCUT2D eigenvalue weighted by molar-refractivity contribution is 9.09. The Kier molecular flexibility index (Phi) is 4.81. The largest absolute Gasteiger partial charge is 0.348 e. The molecule has 0 aliphatic rings. The fourth-order valence-corrected chi connectivity index (χ4v) is 1.92. The number of aromatic nitrogens is 2. The lowest BCUT2D eigenvalue weighted by atomic mass is 10.1. The molecule has 0 radical (unpaired) electrons. The number of carbonyl (C=O) groups excluding carboxylic acids is 1. The highest BCUT2D eigenvalue weighted by atomic mass is 79.9. The summed E-state index contributed by atoms with van der Waals surface area (Å²) in [4.78, 5) is 11.8. The third-order valence-corrected chi connectivity index (χ3v) is 2.80. The number of nitrogens with one attached hydrogen (secondary N) is 1. The van der Waals surface area contributed by atoms with Gasteiger partial charge in [-0.2, -0.15) is 5.10 Å². The number of amides is 1. The Morgan fingerprint density at radius 3 is 2.93 bits per heavy atom. The maximum absolute atomic E-state index is 11.8. The summed E-state index contributed by atoms with van der Waals surface area (Å²) in [5.41, 5.74) is 0.600. The lowest BCUT2D eigenvalue weighted by molar-refractivity contribution is 0.0925. The number of nitrogens with zero attached hydrogens (tertiary/aromatic N) is 2. The van der Waals surface area contributed by atoms with Crippen molar-refractivity contribution < 1.29 is 4.79 Å². The van der Waals surface area contributed by atoms with E-state index in [2.05, 4.69) is 33.3 Å². The quantitative estimate of drug-likeness (QED) is 0.831. The minimum absolute atomic E-state index is 0.0530. The molecule has 4 nitrogen and oxygen atoms in total. The predicted octanol–water partition coefficient (Wildman–Crippen LogP) is 1.71. The topological polar surface area (TPSA) is 46.9 Å². The molecule has 1 rings (SSSR count). The van der Waals surface area contributed by atoms with Crippen LogP contribution < -0.4 is 5.32 Å². The Bertz CT molecular complexity index is 324. The smallest absolute Gasteiger partial charge is 0.269 e. The van der Waals surface area contributed by atoms with Gasteiger partial charge in [-0.3, -0.25) is 9.48 Å². The Hall–Kier alpha value is -0.840. The lowest BCUT2D eigenvalue weighted by Gasteiger charge is -2.15. The second-order valence-corrected chi connectivity index (χ2v) is 4.19. The van der Waals surface area contributed by atoms with Crippen LogP contribution in [-0.4, -0.2) is 27.1 Å². The third kappa shape index (κ3) is 3.34. The van der Waals surface area contributed by atoms with Gasteiger partial charge < -0.3 is 5.32 Å². The lowest BCUT2D eigenvalue weighted by Crippen LogP contribution is -2.35. The molecule has 0 aliphatic carbocycles. The molecule has 0 bridgehead atoms. The van der Waals surface area contributed by atoms with Gasteiger partial charge in [-0.15, -0.1) is 0 Å². The summed E-state index contributed by atoms with van der Waals surface area (Å²) in [7, 11) is 1.76. The number of rotatable bonds is 5. The molecule has 0 fully saturated rings. The van der Waals surface area contributed by atoms with Crippen LogP contribution in [0, 0.1) is 0 Å². The number of alkyl halides is 1. The fourth-order valence-electron chi connectivity index (χ4n) is 1.37. The van der Waals surface area contributed by atoms with Gasteiger partial charge in [0.25, 0.3) is 5.91 Å². The van der Waals surface area contributed by atoms with E-state index < -0.39 is 0 Å². The van der Waals surface area contributed by atoms with E-state index in [4.69, 9.17) is 0 Å². The van der Waals surface area contributed by atoms with Crippen LogP contribution in [0.15, 0.2) is 12.3 Å². The van der Waals surface area contributed by atoms with E-state index in [0.717, 1.165) is 18.2 Å². The van der Waals surface area contributed by atoms with E-state index in [1.165, 1.54) is 0 Å². The summed E-state index contributed by atoms with van der Waals surface area (Å²) in [6.07, 6.45) is 3.51. The van der Waals surface area contributed by atoms with Crippen LogP contribution >= 0.6 is 15.9 Å². The van der Waals surface area contributed by atoms with Crippen molar-refractivity contribution in [2.45, 2.75) is 25.8 Å². The number of halogens is 1. The van der Waals surface area contributed by atoms with E-state index >= 15 is 0 Å². The van der Waals surface area contributed by atoms with E-state index in [9.17, 15) is 4.79 Å². The van der Waals surface area contributed by atoms with Crippen molar-refractivity contribution >= 4 is 21.8 Å². The van der Waals surface area contributed by atoms with Crippen molar-refractivity contribution in [3.63, 3.8) is 0 Å². The van der Waals surface area contributed by atoms with Crippen molar-refractivity contribution in [1.29, 1.82) is 0 Å². The van der Waals surface area contributed by atoms with Crippen LogP contribution in [0.5, 0.6) is 0 Å². The first-order valence-electron chi connectivity index (χ1n) is 5.03. The Balaban J connectivity index is 2.58. The summed E-state index contributed by atoms with van der Waals surface area (Å²) in [6.45, 7) is 2.07. The molecule has 1 aromatic heterocycles. The van der Waals surface area contributed by atoms with Gasteiger partial charge in [-0.25, -0.2) is 0 Å². The molecule has 5 heteroatoms. The second-order valence-electron chi connectivity index (χ2n) is 3.40. The van der Waals surface area contributed by atoms with E-state index in [-0.39, 0.29) is 11.9 Å². The standard InChI is InChI=1S/C10H16BrN3O/c1-3-8(4-6-11)13-10(15)9-5-7-12-14(9)2/h5,7-8H,3-4,6H2,1-2H3,(H,13,15). The molecular weight excluding hydrogens is 258 g/mol. The second kappa shape index (κ2) is 5.90. The highest BCUT2D eigenvalue weighted by Gasteiger charge is 2.13. The van der Waals surface area contributed by atoms with Crippen molar-refractivity contribution in [2.24, 2.45) is 7.05 Å². The molecular formula is C10H16BrN3O. The number of hydrogen-bond acceptors (Lipinski definition) is 2. The van der Waals surface area contributed by atoms with Gasteiger partial charge in [0.1, 0.15) is 5.69 Å². The minimum atomic E-state index is -0.0530. The summed E-state index contributed by atoms with van der Waals surface area (Å²) >= 11 is 3.38. The van der Waals surface area contributed by atoms with E-state index in [1.807, 2.05) is 0 Å². The number of hydrogen-bond donors (Lipinski definition) is 1. The van der Waals surface area contributed by atoms with Crippen LogP contribution in [0.2, 0.25) is 0 Å². The number of aryl methyl sites for hydroxylation is 1. The number of carbonyl (C=O) groups is 1. The summed E-state index contributed by atoms with van der Waals surface area (Å²) < 4.78 is 1.58. The first-order valence-corrected chi connectivity index (χ1v) is 6.16. The average Bonchev–Trinajstić information content (AvgIpc) is 2.63. The van der Waals surface area contributed by atoms with Crippen molar-refractivity contribution in [2.75, 3.05) is 5.33 Å². The molecule has 1 aromatic rings. The molecule has 1 N–H and O–H groups in total. The molecule has 0 spiro atoms. The van der Waals surface area contributed by atoms with Crippen molar-refractivity contribution in [1.82, 2.24) is 15.1 Å². The fraction of sp³-hybridized carbons (Fsp3) is 0.600. The summed E-state index contributed by atoms with van der Waals surface area (Å²) in [5, 5.41) is 7.84. The average molecular weight is 274 g/mol. The predicted molar refractivity (Wildman–Crippen MR) is 63.2 cm³/mol. The Labute approximate surface area is 98.2 Å². The highest BCUT2D eigenvalue weighted by Crippen LogP contribution is 2.03. The van der Waals surface area contributed by atoms with Crippen LogP contribution in [-0.2, 0) is 7.05 Å². The SMILES string of the molecule is CCC(CCBr)NC(=O)c1ccnn1C. The van der Waals surface area contributed by atoms with Gasteiger partial charge in [0.15, 0.2) is 0 Å². The van der Waals surface area contributed by atoms with E-state index in [1.54, 1.807) is 24.0 Å². The Morgan fingerprint density at radius 1 is 1.73 bits per heavy atom. The molecule has 1 atom stereocenters. The van der Waals surface area contributed by atoms with Gasteiger partial charge in [0.05, 0.1) is 0 Å². The van der Waals surface area contributed by atoms with Crippen LogP contribution in [0.4, 0.5) is 0 Å². The van der Waals surface area contributed by atoms with Gasteiger partial charge in [-0.05, 0) is 18.9 Å². The van der Waals surface area contributed by atoms with Gasteiger partial charge in [0.2, 0.25) is 0 Å². The molecule has 0 aromatic carbocycles. The van der Waals surface area contributed by atoms with Crippen LogP contribution in [0.3, 0.4) is 0 Å². The first kappa shape index (κ1) is 12.2. The summed E-state index contributed by atoms with van der Waals surface area (Å²) in [5.74, 6) is -0.0530. The molecule has 1 heterocycles. The maximum Gasteiger partial charge on any atom is 0.269 e. The van der Waals surface area contributed by atoms with E-state index in [0.29, 0.717) is 5.69 Å². The van der Waals surface area contributed by atoms with Gasteiger partial charge in [-0.1, -0.05) is 22.9 Å². The zero-order valence-electron chi connectivity index (χ0n) is 9.03. The monoisotopic (exact) mass is 273 g/mol. The molecule has 0 aliphatic heterocycles. The zero-order chi connectivity index (χ0) is 11.3. The third-order valence-electron chi connectivity index (χ3n) is 2.34. The zero-order valence-corrected chi connectivity index (χ0v) is 10.6. The molecule has 1 amide bonds. The molecule has 84 valence electrons. The first-order chi connectivity index (χ1) is 7.19. The minimum Gasteiger partial charge on any atom is -0.348 e. The van der Waals surface area contributed by atoms with Crippen LogP contribution in [0.1, 0.15) is 30.3 Å². The molecule has 0 saturated heterocycles. The van der Waals surface area contributed by atoms with Crippen molar-refractivity contribution in [3.8, 4) is 0 Å². The molecule has 0 saturated carbocycles. The van der Waals surface area contributed by atoms with Gasteiger partial charge in [0, 0.05) is 24.6 Å². The summed E-state index contributed by atoms with van der Waals surface area (Å²) in [6, 6.07) is 1.95. The normalized spacial score (nSPS) is 12.5. The van der Waals surface area contributed by atoms with Gasteiger partial charge >= 0.3 is 0 Å². The van der Waals surface area contributed by atoms with Crippen molar-refractivity contribution in [3.05, 3.63) is 18.0 Å².